The van der Waals surface area contributed by atoms with E-state index in [4.69, 9.17) is 16.7 Å². The highest BCUT2D eigenvalue weighted by molar-refractivity contribution is 6.29. The first-order chi connectivity index (χ1) is 19.9. The summed E-state index contributed by atoms with van der Waals surface area (Å²) >= 11 is 5.97. The molecule has 3 amide bonds. The number of nitrogens with zero attached hydrogens (tertiary/aromatic N) is 6. The summed E-state index contributed by atoms with van der Waals surface area (Å²) in [7, 11) is 1.90. The van der Waals surface area contributed by atoms with E-state index >= 15 is 0 Å². The average molecular weight is 578 g/mol. The molecular formula is C27H32ClN11O2. The number of amides is 3. The Morgan fingerprint density at radius 1 is 0.976 bits per heavy atom. The molecule has 4 heterocycles. The molecule has 2 fully saturated rings. The number of fused-ring (bicyclic) bond motifs is 1. The van der Waals surface area contributed by atoms with Crippen LogP contribution in [0.5, 0.6) is 0 Å². The Hall–Kier alpha value is -4.39. The lowest BCUT2D eigenvalue weighted by molar-refractivity contribution is 0.102. The van der Waals surface area contributed by atoms with Crippen LogP contribution >= 0.6 is 11.6 Å². The molecule has 0 saturated heterocycles. The Labute approximate surface area is 241 Å². The Morgan fingerprint density at radius 3 is 2.46 bits per heavy atom. The first kappa shape index (κ1) is 26.8. The largest absolute Gasteiger partial charge is 0.379 e. The predicted molar refractivity (Wildman–Crippen MR) is 155 cm³/mol. The number of hydrogen-bond acceptors (Lipinski definition) is 8. The molecule has 0 aromatic carbocycles. The first-order valence-electron chi connectivity index (χ1n) is 13.8. The lowest BCUT2D eigenvalue weighted by atomic mass is 9.91. The molecule has 0 radical (unpaired) electrons. The lowest BCUT2D eigenvalue weighted by Gasteiger charge is -2.30. The van der Waals surface area contributed by atoms with Crippen LogP contribution in [-0.2, 0) is 13.6 Å². The number of aromatic nitrogens is 6. The predicted octanol–water partition coefficient (Wildman–Crippen LogP) is 3.56. The van der Waals surface area contributed by atoms with Crippen molar-refractivity contribution >= 4 is 46.4 Å². The maximum Gasteiger partial charge on any atom is 0.315 e. The fourth-order valence-corrected chi connectivity index (χ4v) is 5.15. The minimum absolute atomic E-state index is 0.0996. The molecule has 41 heavy (non-hydrogen) atoms. The second-order valence-corrected chi connectivity index (χ2v) is 10.9. The van der Waals surface area contributed by atoms with Gasteiger partial charge in [-0.2, -0.15) is 0 Å². The van der Waals surface area contributed by atoms with Crippen LogP contribution in [0.2, 0.25) is 5.15 Å². The molecular weight excluding hydrogens is 546 g/mol. The van der Waals surface area contributed by atoms with E-state index in [1.807, 2.05) is 23.9 Å². The van der Waals surface area contributed by atoms with Crippen molar-refractivity contribution in [2.45, 2.75) is 63.2 Å². The number of imidazole rings is 2. The van der Waals surface area contributed by atoms with Gasteiger partial charge in [-0.15, -0.1) is 5.10 Å². The van der Waals surface area contributed by atoms with Crippen LogP contribution < -0.4 is 26.6 Å². The fraction of sp³-hybridized carbons (Fsp3) is 0.407. The summed E-state index contributed by atoms with van der Waals surface area (Å²) in [5.41, 5.74) is 2.26. The topological polar surface area (TPSA) is 155 Å². The summed E-state index contributed by atoms with van der Waals surface area (Å²) in [6, 6.07) is 5.70. The van der Waals surface area contributed by atoms with Crippen LogP contribution in [0.15, 0.2) is 43.0 Å². The molecule has 13 nitrogen and oxygen atoms in total. The summed E-state index contributed by atoms with van der Waals surface area (Å²) in [4.78, 5) is 38.2. The van der Waals surface area contributed by atoms with Crippen molar-refractivity contribution < 1.29 is 9.59 Å². The molecule has 2 aliphatic carbocycles. The number of aryl methyl sites for hydroxylation is 1. The molecule has 4 aromatic rings. The van der Waals surface area contributed by atoms with Crippen molar-refractivity contribution in [1.29, 1.82) is 0 Å². The van der Waals surface area contributed by atoms with Gasteiger partial charge >= 0.3 is 6.03 Å². The van der Waals surface area contributed by atoms with Crippen LogP contribution in [0.3, 0.4) is 0 Å². The number of halogens is 1. The number of rotatable bonds is 9. The molecule has 2 saturated carbocycles. The normalized spacial score (nSPS) is 18.6. The molecule has 214 valence electrons. The minimum atomic E-state index is -0.352. The van der Waals surface area contributed by atoms with E-state index in [2.05, 4.69) is 41.5 Å². The highest BCUT2D eigenvalue weighted by Crippen LogP contribution is 2.30. The first-order valence-corrected chi connectivity index (χ1v) is 14.1. The SMILES string of the molecule is Cn1ccnc1CNC(=O)N[C@H]1CC[C@H](Nc2cc(NC3CC3)c3ncc(C(=O)Nc4ccnc(Cl)c4)n3n2)CC1. The molecule has 0 unspecified atom stereocenters. The van der Waals surface area contributed by atoms with Crippen molar-refractivity contribution in [3.63, 3.8) is 0 Å². The van der Waals surface area contributed by atoms with Gasteiger partial charge in [0.1, 0.15) is 16.8 Å². The smallest absolute Gasteiger partial charge is 0.315 e. The van der Waals surface area contributed by atoms with Crippen LogP contribution in [0, 0.1) is 0 Å². The molecule has 6 rings (SSSR count). The van der Waals surface area contributed by atoms with E-state index < -0.39 is 0 Å². The molecule has 0 spiro atoms. The summed E-state index contributed by atoms with van der Waals surface area (Å²) in [6.07, 6.45) is 12.2. The number of carbonyl (C=O) groups is 2. The van der Waals surface area contributed by atoms with Crippen LogP contribution in [0.4, 0.5) is 22.0 Å². The maximum atomic E-state index is 13.1. The Balaban J connectivity index is 1.10. The van der Waals surface area contributed by atoms with Gasteiger partial charge in [0, 0.05) is 55.5 Å². The number of pyridine rings is 1. The van der Waals surface area contributed by atoms with Gasteiger partial charge in [-0.25, -0.2) is 24.3 Å². The van der Waals surface area contributed by atoms with Gasteiger partial charge in [-0.05, 0) is 50.7 Å². The average Bonchev–Trinajstić information content (AvgIpc) is 3.50. The molecule has 0 atom stereocenters. The quantitative estimate of drug-likeness (QED) is 0.189. The van der Waals surface area contributed by atoms with Crippen molar-refractivity contribution in [1.82, 2.24) is 39.8 Å². The summed E-state index contributed by atoms with van der Waals surface area (Å²) in [6.45, 7) is 0.377. The second-order valence-electron chi connectivity index (χ2n) is 10.5. The number of urea groups is 1. The van der Waals surface area contributed by atoms with Gasteiger partial charge in [-0.3, -0.25) is 4.79 Å². The van der Waals surface area contributed by atoms with Gasteiger partial charge in [0.2, 0.25) is 0 Å². The fourth-order valence-electron chi connectivity index (χ4n) is 4.98. The molecule has 14 heteroatoms. The monoisotopic (exact) mass is 577 g/mol. The zero-order valence-corrected chi connectivity index (χ0v) is 23.4. The number of hydrogen-bond donors (Lipinski definition) is 5. The van der Waals surface area contributed by atoms with E-state index in [1.165, 1.54) is 12.4 Å². The second kappa shape index (κ2) is 11.6. The Morgan fingerprint density at radius 2 is 1.73 bits per heavy atom. The Kier molecular flexibility index (Phi) is 7.59. The number of anilines is 3. The van der Waals surface area contributed by atoms with Crippen molar-refractivity contribution in [2.75, 3.05) is 16.0 Å². The van der Waals surface area contributed by atoms with Gasteiger partial charge < -0.3 is 31.2 Å². The van der Waals surface area contributed by atoms with Crippen LogP contribution in [0.1, 0.15) is 54.8 Å². The van der Waals surface area contributed by atoms with Crippen molar-refractivity contribution in [3.8, 4) is 0 Å². The molecule has 0 aliphatic heterocycles. The zero-order chi connectivity index (χ0) is 28.3. The highest BCUT2D eigenvalue weighted by Gasteiger charge is 2.26. The molecule has 5 N–H and O–H groups in total. The van der Waals surface area contributed by atoms with Crippen molar-refractivity contribution in [3.05, 3.63) is 59.7 Å². The molecule has 0 bridgehead atoms. The third kappa shape index (κ3) is 6.51. The molecule has 2 aliphatic rings. The summed E-state index contributed by atoms with van der Waals surface area (Å²) in [5.74, 6) is 1.10. The third-order valence-electron chi connectivity index (χ3n) is 7.36. The van der Waals surface area contributed by atoms with Gasteiger partial charge in [0.15, 0.2) is 11.3 Å². The van der Waals surface area contributed by atoms with E-state index in [0.717, 1.165) is 50.0 Å². The Bertz CT molecular complexity index is 1560. The lowest BCUT2D eigenvalue weighted by Crippen LogP contribution is -2.44. The van der Waals surface area contributed by atoms with Gasteiger partial charge in [0.25, 0.3) is 5.91 Å². The standard InChI is InChI=1S/C27H32ClN11O2/c1-38-11-10-30-24(38)15-32-27(41)36-18-6-4-17(5-7-18)34-23-13-20(33-16-2-3-16)25-31-14-21(39(25)37-23)26(40)35-19-8-9-29-22(28)12-19/h8-14,16-18,33H,2-7,15H2,1H3,(H,34,37)(H,29,35,40)(H2,32,36,41)/t17-,18-. The van der Waals surface area contributed by atoms with Crippen LogP contribution in [0.25, 0.3) is 5.65 Å². The van der Waals surface area contributed by atoms with Gasteiger partial charge in [0.05, 0.1) is 18.4 Å². The van der Waals surface area contributed by atoms with Crippen LogP contribution in [-0.4, -0.2) is 59.2 Å². The highest BCUT2D eigenvalue weighted by atomic mass is 35.5. The van der Waals surface area contributed by atoms with Crippen molar-refractivity contribution in [2.24, 2.45) is 7.05 Å². The van der Waals surface area contributed by atoms with E-state index in [-0.39, 0.29) is 29.2 Å². The van der Waals surface area contributed by atoms with E-state index in [9.17, 15) is 9.59 Å². The van der Waals surface area contributed by atoms with E-state index in [1.54, 1.807) is 22.8 Å². The molecule has 4 aromatic heterocycles. The van der Waals surface area contributed by atoms with Gasteiger partial charge in [-0.1, -0.05) is 11.6 Å². The third-order valence-corrected chi connectivity index (χ3v) is 7.57. The number of nitrogens with one attached hydrogen (secondary N) is 5. The van der Waals surface area contributed by atoms with E-state index in [0.29, 0.717) is 35.4 Å². The maximum absolute atomic E-state index is 13.1. The summed E-state index contributed by atoms with van der Waals surface area (Å²) in [5, 5.41) is 20.9. The number of carbonyl (C=O) groups excluding carboxylic acids is 2. The minimum Gasteiger partial charge on any atom is -0.379 e. The zero-order valence-electron chi connectivity index (χ0n) is 22.6. The summed E-state index contributed by atoms with van der Waals surface area (Å²) < 4.78 is 3.45.